The third kappa shape index (κ3) is 1.70. The van der Waals surface area contributed by atoms with E-state index >= 15 is 0 Å². The van der Waals surface area contributed by atoms with Crippen molar-refractivity contribution in [2.75, 3.05) is 13.1 Å². The van der Waals surface area contributed by atoms with Gasteiger partial charge in [0.2, 0.25) is 5.01 Å². The van der Waals surface area contributed by atoms with Crippen LogP contribution in [0.5, 0.6) is 0 Å². The standard InChI is InChI=1S/C8H11N3OS/c1-6-9-7(13-10-6)8(12)11-4-2-3-5-11/h2-5H2,1H3. The van der Waals surface area contributed by atoms with Crippen molar-refractivity contribution in [3.05, 3.63) is 10.8 Å². The summed E-state index contributed by atoms with van der Waals surface area (Å²) in [4.78, 5) is 17.6. The number of aryl methyl sites for hydroxylation is 1. The van der Waals surface area contributed by atoms with E-state index in [0.717, 1.165) is 25.9 Å². The van der Waals surface area contributed by atoms with E-state index < -0.39 is 0 Å². The van der Waals surface area contributed by atoms with Crippen LogP contribution in [-0.4, -0.2) is 33.3 Å². The van der Waals surface area contributed by atoms with Gasteiger partial charge in [0.15, 0.2) is 0 Å². The third-order valence-corrected chi connectivity index (χ3v) is 2.90. The van der Waals surface area contributed by atoms with Gasteiger partial charge in [0.25, 0.3) is 5.91 Å². The van der Waals surface area contributed by atoms with E-state index in [0.29, 0.717) is 10.8 Å². The molecule has 2 rings (SSSR count). The van der Waals surface area contributed by atoms with Gasteiger partial charge in [-0.15, -0.1) is 0 Å². The first-order valence-electron chi connectivity index (χ1n) is 4.37. The summed E-state index contributed by atoms with van der Waals surface area (Å²) in [5, 5.41) is 0.527. The second-order valence-electron chi connectivity index (χ2n) is 3.15. The summed E-state index contributed by atoms with van der Waals surface area (Å²) in [5.74, 6) is 0.732. The van der Waals surface area contributed by atoms with Crippen molar-refractivity contribution in [3.63, 3.8) is 0 Å². The highest BCUT2D eigenvalue weighted by Crippen LogP contribution is 2.13. The summed E-state index contributed by atoms with van der Waals surface area (Å²) in [5.41, 5.74) is 0. The molecule has 5 heteroatoms. The summed E-state index contributed by atoms with van der Waals surface area (Å²) in [6, 6.07) is 0. The Morgan fingerprint density at radius 2 is 2.15 bits per heavy atom. The molecule has 0 aliphatic carbocycles. The van der Waals surface area contributed by atoms with E-state index in [9.17, 15) is 4.79 Å². The molecule has 0 bridgehead atoms. The van der Waals surface area contributed by atoms with Crippen molar-refractivity contribution in [2.45, 2.75) is 19.8 Å². The summed E-state index contributed by atoms with van der Waals surface area (Å²) in [6.45, 7) is 3.55. The number of hydrogen-bond donors (Lipinski definition) is 0. The van der Waals surface area contributed by atoms with E-state index in [1.807, 2.05) is 4.90 Å². The molecule has 1 saturated heterocycles. The molecule has 1 fully saturated rings. The highest BCUT2D eigenvalue weighted by Gasteiger charge is 2.21. The molecular formula is C8H11N3OS. The highest BCUT2D eigenvalue weighted by molar-refractivity contribution is 7.07. The number of amides is 1. The Balaban J connectivity index is 2.12. The van der Waals surface area contributed by atoms with Crippen LogP contribution in [0, 0.1) is 6.92 Å². The number of aromatic nitrogens is 2. The van der Waals surface area contributed by atoms with Gasteiger partial charge in [-0.05, 0) is 31.3 Å². The lowest BCUT2D eigenvalue weighted by molar-refractivity contribution is 0.0792. The van der Waals surface area contributed by atoms with Gasteiger partial charge in [-0.3, -0.25) is 4.79 Å². The molecule has 0 radical (unpaired) electrons. The van der Waals surface area contributed by atoms with Gasteiger partial charge in [0.1, 0.15) is 5.82 Å². The summed E-state index contributed by atoms with van der Waals surface area (Å²) in [7, 11) is 0. The van der Waals surface area contributed by atoms with Gasteiger partial charge in [0.05, 0.1) is 0 Å². The van der Waals surface area contributed by atoms with Crippen LogP contribution in [0.2, 0.25) is 0 Å². The van der Waals surface area contributed by atoms with Crippen LogP contribution in [0.3, 0.4) is 0 Å². The van der Waals surface area contributed by atoms with Gasteiger partial charge < -0.3 is 4.90 Å². The van der Waals surface area contributed by atoms with Crippen LogP contribution in [-0.2, 0) is 0 Å². The second kappa shape index (κ2) is 3.41. The Morgan fingerprint density at radius 1 is 1.46 bits per heavy atom. The van der Waals surface area contributed by atoms with Crippen LogP contribution >= 0.6 is 11.5 Å². The molecule has 1 aromatic rings. The molecule has 1 aliphatic rings. The predicted molar refractivity (Wildman–Crippen MR) is 49.8 cm³/mol. The number of likely N-dealkylation sites (tertiary alicyclic amines) is 1. The van der Waals surface area contributed by atoms with Crippen LogP contribution in [0.1, 0.15) is 28.5 Å². The molecule has 0 N–H and O–H groups in total. The number of carbonyl (C=O) groups excluding carboxylic acids is 1. The fourth-order valence-electron chi connectivity index (χ4n) is 1.44. The smallest absolute Gasteiger partial charge is 0.284 e. The molecule has 0 unspecified atom stereocenters. The Hall–Kier alpha value is -0.970. The van der Waals surface area contributed by atoms with Crippen molar-refractivity contribution < 1.29 is 4.79 Å². The first-order chi connectivity index (χ1) is 6.27. The first-order valence-corrected chi connectivity index (χ1v) is 5.14. The lowest BCUT2D eigenvalue weighted by Gasteiger charge is -2.11. The van der Waals surface area contributed by atoms with Gasteiger partial charge in [-0.25, -0.2) is 4.98 Å². The molecule has 0 atom stereocenters. The quantitative estimate of drug-likeness (QED) is 0.677. The Bertz CT molecular complexity index is 317. The maximum Gasteiger partial charge on any atom is 0.284 e. The van der Waals surface area contributed by atoms with Gasteiger partial charge >= 0.3 is 0 Å². The van der Waals surface area contributed by atoms with E-state index in [-0.39, 0.29) is 5.91 Å². The fourth-order valence-corrected chi connectivity index (χ4v) is 2.08. The molecule has 1 aromatic heterocycles. The minimum atomic E-state index is 0.0445. The predicted octanol–water partition coefficient (Wildman–Crippen LogP) is 1.08. The molecule has 0 saturated carbocycles. The molecular weight excluding hydrogens is 186 g/mol. The monoisotopic (exact) mass is 197 g/mol. The van der Waals surface area contributed by atoms with Gasteiger partial charge in [-0.1, -0.05) is 0 Å². The average molecular weight is 197 g/mol. The van der Waals surface area contributed by atoms with E-state index in [2.05, 4.69) is 9.36 Å². The van der Waals surface area contributed by atoms with E-state index in [1.165, 1.54) is 11.5 Å². The molecule has 1 amide bonds. The number of nitrogens with zero attached hydrogens (tertiary/aromatic N) is 3. The van der Waals surface area contributed by atoms with Gasteiger partial charge in [-0.2, -0.15) is 4.37 Å². The highest BCUT2D eigenvalue weighted by atomic mass is 32.1. The largest absolute Gasteiger partial charge is 0.337 e. The average Bonchev–Trinajstić information content (AvgIpc) is 2.72. The molecule has 0 aromatic carbocycles. The second-order valence-corrected chi connectivity index (χ2v) is 3.90. The van der Waals surface area contributed by atoms with Gasteiger partial charge in [0, 0.05) is 13.1 Å². The zero-order chi connectivity index (χ0) is 9.26. The van der Waals surface area contributed by atoms with Crippen molar-refractivity contribution >= 4 is 17.4 Å². The molecule has 0 spiro atoms. The zero-order valence-corrected chi connectivity index (χ0v) is 8.30. The lowest BCUT2D eigenvalue weighted by atomic mass is 10.4. The molecule has 1 aliphatic heterocycles. The van der Waals surface area contributed by atoms with Crippen molar-refractivity contribution in [1.82, 2.24) is 14.3 Å². The summed E-state index contributed by atoms with van der Waals surface area (Å²) < 4.78 is 3.99. The first kappa shape index (κ1) is 8.62. The Labute approximate surface area is 80.8 Å². The lowest BCUT2D eigenvalue weighted by Crippen LogP contribution is -2.27. The molecule has 4 nitrogen and oxygen atoms in total. The SMILES string of the molecule is Cc1nsc(C(=O)N2CCCC2)n1. The molecule has 13 heavy (non-hydrogen) atoms. The summed E-state index contributed by atoms with van der Waals surface area (Å²) >= 11 is 1.19. The van der Waals surface area contributed by atoms with E-state index in [4.69, 9.17) is 0 Å². The van der Waals surface area contributed by atoms with Crippen molar-refractivity contribution in [2.24, 2.45) is 0 Å². The van der Waals surface area contributed by atoms with Crippen LogP contribution in [0.25, 0.3) is 0 Å². The molecule has 70 valence electrons. The minimum absolute atomic E-state index is 0.0445. The zero-order valence-electron chi connectivity index (χ0n) is 7.49. The third-order valence-electron chi connectivity index (χ3n) is 2.10. The fraction of sp³-hybridized carbons (Fsp3) is 0.625. The molecule has 2 heterocycles. The number of carbonyl (C=O) groups is 1. The maximum atomic E-state index is 11.7. The number of rotatable bonds is 1. The van der Waals surface area contributed by atoms with Crippen LogP contribution in [0.4, 0.5) is 0 Å². The maximum absolute atomic E-state index is 11.7. The van der Waals surface area contributed by atoms with Crippen molar-refractivity contribution in [1.29, 1.82) is 0 Å². The topological polar surface area (TPSA) is 46.1 Å². The minimum Gasteiger partial charge on any atom is -0.337 e. The van der Waals surface area contributed by atoms with Crippen molar-refractivity contribution in [3.8, 4) is 0 Å². The van der Waals surface area contributed by atoms with Crippen LogP contribution < -0.4 is 0 Å². The normalized spacial score (nSPS) is 16.5. The van der Waals surface area contributed by atoms with E-state index in [1.54, 1.807) is 6.92 Å². The number of hydrogen-bond acceptors (Lipinski definition) is 4. The van der Waals surface area contributed by atoms with Crippen LogP contribution in [0.15, 0.2) is 0 Å². The summed E-state index contributed by atoms with van der Waals surface area (Å²) in [6.07, 6.45) is 2.23. The Morgan fingerprint density at radius 3 is 2.69 bits per heavy atom. The Kier molecular flexibility index (Phi) is 2.26.